The molecule has 0 spiro atoms. The number of hydrogen-bond donors (Lipinski definition) is 3. The third-order valence-corrected chi connectivity index (χ3v) is 4.60. The number of Topliss-reactive ketones (excluding diaryl/α,β-unsaturated/α-hetero) is 1. The van der Waals surface area contributed by atoms with Crippen LogP contribution in [0, 0.1) is 0 Å². The molecule has 0 saturated carbocycles. The molecule has 2 rings (SSSR count). The topological polar surface area (TPSA) is 105 Å². The lowest BCUT2D eigenvalue weighted by Crippen LogP contribution is -2.43. The van der Waals surface area contributed by atoms with E-state index in [9.17, 15) is 19.1 Å². The molecule has 1 heterocycles. The van der Waals surface area contributed by atoms with Crippen LogP contribution in [-0.4, -0.2) is 39.3 Å². The van der Waals surface area contributed by atoms with Gasteiger partial charge in [0, 0.05) is 11.8 Å². The molecular weight excluding hydrogens is 408 g/mol. The third-order valence-electron chi connectivity index (χ3n) is 4.20. The molecule has 0 aliphatic heterocycles. The standard InChI is InChI=1S/C19H20Cl2FN3O3/c1-10(26)16(23)14-7-6-13(9-24-14)11-2-4-12(5-3-11)17(27)15(8-22)25-19(28)18(20)21/h2-7,9,15-18,27H,8,23H2,1H3,(H,25,28)/t15-,16?,17-/m1/s1. The highest BCUT2D eigenvalue weighted by molar-refractivity contribution is 6.53. The Hall–Kier alpha value is -2.06. The summed E-state index contributed by atoms with van der Waals surface area (Å²) in [5.41, 5.74) is 8.22. The van der Waals surface area contributed by atoms with Crippen LogP contribution in [0.5, 0.6) is 0 Å². The molecule has 1 aromatic heterocycles. The van der Waals surface area contributed by atoms with Gasteiger partial charge in [0.25, 0.3) is 5.91 Å². The summed E-state index contributed by atoms with van der Waals surface area (Å²) in [5.74, 6) is -0.959. The normalized spacial score (nSPS) is 14.4. The number of carbonyl (C=O) groups is 2. The number of rotatable bonds is 8. The van der Waals surface area contributed by atoms with Crippen molar-refractivity contribution in [3.05, 3.63) is 53.9 Å². The van der Waals surface area contributed by atoms with Crippen molar-refractivity contribution in [2.45, 2.75) is 29.9 Å². The SMILES string of the molecule is CC(=O)C(N)c1ccc(-c2ccc([C@@H](O)[C@@H](CF)NC(=O)C(Cl)Cl)cc2)cn1. The molecule has 0 fully saturated rings. The van der Waals surface area contributed by atoms with E-state index in [1.807, 2.05) is 0 Å². The van der Waals surface area contributed by atoms with Crippen LogP contribution < -0.4 is 11.1 Å². The Morgan fingerprint density at radius 2 is 1.79 bits per heavy atom. The number of aliphatic hydroxyl groups excluding tert-OH is 1. The largest absolute Gasteiger partial charge is 0.386 e. The molecule has 28 heavy (non-hydrogen) atoms. The van der Waals surface area contributed by atoms with Gasteiger partial charge < -0.3 is 16.2 Å². The van der Waals surface area contributed by atoms with Crippen molar-refractivity contribution in [3.8, 4) is 11.1 Å². The number of carbonyl (C=O) groups excluding carboxylic acids is 2. The van der Waals surface area contributed by atoms with Gasteiger partial charge in [0.05, 0.1) is 11.7 Å². The highest BCUT2D eigenvalue weighted by Crippen LogP contribution is 2.24. The Balaban J connectivity index is 2.14. The molecule has 3 atom stereocenters. The zero-order chi connectivity index (χ0) is 20.8. The van der Waals surface area contributed by atoms with Gasteiger partial charge in [0.1, 0.15) is 18.8 Å². The number of nitrogens with one attached hydrogen (secondary N) is 1. The number of pyridine rings is 1. The first-order chi connectivity index (χ1) is 13.2. The maximum absolute atomic E-state index is 13.2. The highest BCUT2D eigenvalue weighted by Gasteiger charge is 2.25. The number of aliphatic hydroxyl groups is 1. The third kappa shape index (κ3) is 5.48. The van der Waals surface area contributed by atoms with E-state index >= 15 is 0 Å². The van der Waals surface area contributed by atoms with Crippen LogP contribution in [-0.2, 0) is 9.59 Å². The minimum Gasteiger partial charge on any atom is -0.386 e. The Morgan fingerprint density at radius 1 is 1.18 bits per heavy atom. The van der Waals surface area contributed by atoms with Crippen molar-refractivity contribution in [2.24, 2.45) is 5.73 Å². The van der Waals surface area contributed by atoms with Crippen molar-refractivity contribution in [3.63, 3.8) is 0 Å². The molecule has 0 saturated heterocycles. The summed E-state index contributed by atoms with van der Waals surface area (Å²) in [5, 5.41) is 12.6. The average molecular weight is 428 g/mol. The van der Waals surface area contributed by atoms with Gasteiger partial charge >= 0.3 is 0 Å². The first-order valence-corrected chi connectivity index (χ1v) is 9.26. The van der Waals surface area contributed by atoms with E-state index in [1.165, 1.54) is 6.92 Å². The number of nitrogens with two attached hydrogens (primary N) is 1. The zero-order valence-electron chi connectivity index (χ0n) is 15.0. The number of ketones is 1. The summed E-state index contributed by atoms with van der Waals surface area (Å²) >= 11 is 10.9. The molecule has 150 valence electrons. The van der Waals surface area contributed by atoms with Crippen LogP contribution in [0.1, 0.15) is 30.3 Å². The first kappa shape index (κ1) is 22.2. The molecule has 9 heteroatoms. The van der Waals surface area contributed by atoms with Crippen LogP contribution in [0.2, 0.25) is 0 Å². The van der Waals surface area contributed by atoms with Gasteiger partial charge in [-0.1, -0.05) is 53.5 Å². The maximum Gasteiger partial charge on any atom is 0.253 e. The lowest BCUT2D eigenvalue weighted by molar-refractivity contribution is -0.121. The summed E-state index contributed by atoms with van der Waals surface area (Å²) in [6.45, 7) is 0.411. The molecule has 0 radical (unpaired) electrons. The van der Waals surface area contributed by atoms with Crippen LogP contribution in [0.15, 0.2) is 42.6 Å². The molecule has 1 aromatic carbocycles. The maximum atomic E-state index is 13.2. The van der Waals surface area contributed by atoms with Crippen molar-refractivity contribution in [1.29, 1.82) is 0 Å². The van der Waals surface area contributed by atoms with Gasteiger partial charge in [-0.15, -0.1) is 0 Å². The number of hydrogen-bond acceptors (Lipinski definition) is 5. The lowest BCUT2D eigenvalue weighted by atomic mass is 9.99. The average Bonchev–Trinajstić information content (AvgIpc) is 2.70. The minimum absolute atomic E-state index is 0.178. The quantitative estimate of drug-likeness (QED) is 0.561. The summed E-state index contributed by atoms with van der Waals surface area (Å²) < 4.78 is 13.2. The Morgan fingerprint density at radius 3 is 2.25 bits per heavy atom. The second kappa shape index (κ2) is 9.93. The smallest absolute Gasteiger partial charge is 0.253 e. The second-order valence-electron chi connectivity index (χ2n) is 6.20. The molecule has 1 unspecified atom stereocenters. The molecule has 4 N–H and O–H groups in total. The minimum atomic E-state index is -1.35. The van der Waals surface area contributed by atoms with E-state index in [0.717, 1.165) is 11.1 Å². The van der Waals surface area contributed by atoms with E-state index in [2.05, 4.69) is 10.3 Å². The number of benzene rings is 1. The van der Waals surface area contributed by atoms with E-state index in [1.54, 1.807) is 42.6 Å². The number of aromatic nitrogens is 1. The lowest BCUT2D eigenvalue weighted by Gasteiger charge is -2.22. The van der Waals surface area contributed by atoms with Crippen molar-refractivity contribution >= 4 is 34.9 Å². The van der Waals surface area contributed by atoms with Crippen LogP contribution in [0.25, 0.3) is 11.1 Å². The van der Waals surface area contributed by atoms with Gasteiger partial charge in [0.2, 0.25) is 0 Å². The number of alkyl halides is 3. The number of halogens is 3. The van der Waals surface area contributed by atoms with Gasteiger partial charge in [-0.05, 0) is 24.1 Å². The summed E-state index contributed by atoms with van der Waals surface area (Å²) in [4.78, 5) is 25.7. The van der Waals surface area contributed by atoms with E-state index in [4.69, 9.17) is 28.9 Å². The van der Waals surface area contributed by atoms with Gasteiger partial charge in [-0.3, -0.25) is 14.6 Å². The second-order valence-corrected chi connectivity index (χ2v) is 7.29. The van der Waals surface area contributed by atoms with Gasteiger partial charge in [0.15, 0.2) is 10.6 Å². The van der Waals surface area contributed by atoms with Crippen LogP contribution >= 0.6 is 23.2 Å². The molecule has 1 amide bonds. The van der Waals surface area contributed by atoms with Gasteiger partial charge in [-0.25, -0.2) is 4.39 Å². The molecule has 0 aliphatic carbocycles. The van der Waals surface area contributed by atoms with Crippen LogP contribution in [0.4, 0.5) is 4.39 Å². The van der Waals surface area contributed by atoms with E-state index < -0.39 is 35.6 Å². The molecule has 2 aromatic rings. The fraction of sp³-hybridized carbons (Fsp3) is 0.316. The van der Waals surface area contributed by atoms with E-state index in [-0.39, 0.29) is 5.78 Å². The predicted molar refractivity (Wildman–Crippen MR) is 106 cm³/mol. The van der Waals surface area contributed by atoms with Crippen molar-refractivity contribution in [2.75, 3.05) is 6.67 Å². The predicted octanol–water partition coefficient (Wildman–Crippen LogP) is 2.63. The van der Waals surface area contributed by atoms with E-state index in [0.29, 0.717) is 11.3 Å². The highest BCUT2D eigenvalue weighted by atomic mass is 35.5. The molecule has 0 aliphatic rings. The Kier molecular flexibility index (Phi) is 7.88. The summed E-state index contributed by atoms with van der Waals surface area (Å²) in [7, 11) is 0. The first-order valence-electron chi connectivity index (χ1n) is 8.39. The fourth-order valence-electron chi connectivity index (χ4n) is 2.52. The number of nitrogens with zero attached hydrogens (tertiary/aromatic N) is 1. The molecule has 6 nitrogen and oxygen atoms in total. The number of amides is 1. The summed E-state index contributed by atoms with van der Waals surface area (Å²) in [6, 6.07) is 8.20. The fourth-order valence-corrected chi connectivity index (χ4v) is 2.65. The molecule has 0 bridgehead atoms. The Labute approximate surface area is 171 Å². The Bertz CT molecular complexity index is 816. The van der Waals surface area contributed by atoms with Crippen LogP contribution in [0.3, 0.4) is 0 Å². The molecular formula is C19H20Cl2FN3O3. The van der Waals surface area contributed by atoms with Crippen molar-refractivity contribution < 1.29 is 19.1 Å². The van der Waals surface area contributed by atoms with Gasteiger partial charge in [-0.2, -0.15) is 0 Å². The monoisotopic (exact) mass is 427 g/mol. The van der Waals surface area contributed by atoms with Crippen molar-refractivity contribution in [1.82, 2.24) is 10.3 Å². The zero-order valence-corrected chi connectivity index (χ0v) is 16.5. The summed E-state index contributed by atoms with van der Waals surface area (Å²) in [6.07, 6.45) is 0.319.